The van der Waals surface area contributed by atoms with Gasteiger partial charge in [0.2, 0.25) is 0 Å². The lowest BCUT2D eigenvalue weighted by molar-refractivity contribution is 0.0568. The minimum atomic E-state index is -3.20. The average Bonchev–Trinajstić information content (AvgIpc) is 2.69. The molecule has 28 heavy (non-hydrogen) atoms. The normalized spacial score (nSPS) is 24.5. The van der Waals surface area contributed by atoms with Crippen LogP contribution in [-0.2, 0) is 16.4 Å². The highest BCUT2D eigenvalue weighted by Gasteiger charge is 2.46. The maximum atomic E-state index is 13.1. The summed E-state index contributed by atoms with van der Waals surface area (Å²) in [5.41, 5.74) is 2.86. The molecule has 5 nitrogen and oxygen atoms in total. The zero-order chi connectivity index (χ0) is 19.7. The third-order valence-corrected chi connectivity index (χ3v) is 8.00. The van der Waals surface area contributed by atoms with Gasteiger partial charge in [-0.05, 0) is 31.0 Å². The van der Waals surface area contributed by atoms with Gasteiger partial charge in [0, 0.05) is 31.7 Å². The van der Waals surface area contributed by atoms with E-state index in [1.165, 1.54) is 5.56 Å². The smallest absolute Gasteiger partial charge is 0.254 e. The lowest BCUT2D eigenvalue weighted by Crippen LogP contribution is -2.63. The fourth-order valence-corrected chi connectivity index (χ4v) is 6.36. The lowest BCUT2D eigenvalue weighted by Gasteiger charge is -2.46. The molecule has 0 aliphatic carbocycles. The van der Waals surface area contributed by atoms with Gasteiger partial charge in [-0.25, -0.2) is 8.42 Å². The van der Waals surface area contributed by atoms with Crippen molar-refractivity contribution in [3.63, 3.8) is 0 Å². The van der Waals surface area contributed by atoms with Gasteiger partial charge in [-0.1, -0.05) is 48.0 Å². The Labute approximate surface area is 166 Å². The number of benzene rings is 2. The van der Waals surface area contributed by atoms with E-state index in [9.17, 15) is 13.2 Å². The number of hydrogen-bond acceptors (Lipinski definition) is 4. The van der Waals surface area contributed by atoms with Crippen LogP contribution in [0.25, 0.3) is 0 Å². The number of piperidine rings is 1. The molecule has 0 spiro atoms. The highest BCUT2D eigenvalue weighted by Crippen LogP contribution is 2.29. The summed E-state index contributed by atoms with van der Waals surface area (Å²) in [6.07, 6.45) is 0.689. The Bertz CT molecular complexity index is 959. The molecule has 0 saturated carbocycles. The van der Waals surface area contributed by atoms with Crippen LogP contribution in [0.3, 0.4) is 0 Å². The topological polar surface area (TPSA) is 57.7 Å². The molecule has 2 atom stereocenters. The number of sulfone groups is 1. The van der Waals surface area contributed by atoms with Crippen LogP contribution >= 0.6 is 0 Å². The number of hydrogen-bond donors (Lipinski definition) is 0. The Morgan fingerprint density at radius 1 is 1.07 bits per heavy atom. The molecule has 0 aromatic heterocycles. The van der Waals surface area contributed by atoms with E-state index >= 15 is 0 Å². The molecule has 148 valence electrons. The number of carbonyl (C=O) groups excluding carboxylic acids is 1. The van der Waals surface area contributed by atoms with Crippen LogP contribution in [-0.4, -0.2) is 60.8 Å². The van der Waals surface area contributed by atoms with Gasteiger partial charge in [-0.15, -0.1) is 0 Å². The fraction of sp³-hybridized carbons (Fsp3) is 0.409. The molecule has 0 radical (unpaired) electrons. The zero-order valence-electron chi connectivity index (χ0n) is 16.1. The number of aryl methyl sites for hydroxylation is 1. The van der Waals surface area contributed by atoms with Gasteiger partial charge in [0.05, 0.1) is 17.0 Å². The van der Waals surface area contributed by atoms with Gasteiger partial charge < -0.3 is 4.90 Å². The molecule has 0 bridgehead atoms. The van der Waals surface area contributed by atoms with E-state index in [2.05, 4.69) is 17.0 Å². The molecule has 4 rings (SSSR count). The molecule has 1 amide bonds. The summed E-state index contributed by atoms with van der Waals surface area (Å²) in [7, 11) is -3.20. The molecule has 2 aliphatic rings. The minimum Gasteiger partial charge on any atom is -0.333 e. The van der Waals surface area contributed by atoms with Crippen molar-refractivity contribution in [3.8, 4) is 0 Å². The predicted octanol–water partition coefficient (Wildman–Crippen LogP) is 2.51. The van der Waals surface area contributed by atoms with Crippen molar-refractivity contribution in [3.05, 3.63) is 71.3 Å². The van der Waals surface area contributed by atoms with Gasteiger partial charge in [0.1, 0.15) is 0 Å². The third kappa shape index (κ3) is 3.84. The van der Waals surface area contributed by atoms with Crippen LogP contribution < -0.4 is 0 Å². The van der Waals surface area contributed by atoms with Crippen molar-refractivity contribution < 1.29 is 13.2 Å². The molecule has 2 aliphatic heterocycles. The van der Waals surface area contributed by atoms with Gasteiger partial charge in [-0.3, -0.25) is 9.69 Å². The second kappa shape index (κ2) is 7.68. The highest BCUT2D eigenvalue weighted by atomic mass is 32.2. The summed E-state index contributed by atoms with van der Waals surface area (Å²) in [5.74, 6) is -0.00430. The summed E-state index contributed by atoms with van der Waals surface area (Å²) in [6.45, 7) is 4.27. The molecule has 0 N–H and O–H groups in total. The van der Waals surface area contributed by atoms with E-state index in [-0.39, 0.29) is 24.2 Å². The molecule has 2 heterocycles. The van der Waals surface area contributed by atoms with E-state index < -0.39 is 15.1 Å². The first-order chi connectivity index (χ1) is 13.4. The summed E-state index contributed by atoms with van der Waals surface area (Å²) >= 11 is 0. The van der Waals surface area contributed by atoms with E-state index in [0.29, 0.717) is 18.5 Å². The zero-order valence-corrected chi connectivity index (χ0v) is 16.9. The maximum absolute atomic E-state index is 13.1. The largest absolute Gasteiger partial charge is 0.333 e. The molecule has 2 aromatic rings. The van der Waals surface area contributed by atoms with Crippen molar-refractivity contribution in [2.24, 2.45) is 0 Å². The van der Waals surface area contributed by atoms with Crippen LogP contribution in [0.1, 0.15) is 27.9 Å². The average molecular weight is 399 g/mol. The van der Waals surface area contributed by atoms with Crippen LogP contribution in [0, 0.1) is 6.92 Å². The first-order valence-corrected chi connectivity index (χ1v) is 11.5. The fourth-order valence-electron chi connectivity index (χ4n) is 4.40. The summed E-state index contributed by atoms with van der Waals surface area (Å²) in [6, 6.07) is 17.4. The summed E-state index contributed by atoms with van der Waals surface area (Å²) < 4.78 is 25.6. The summed E-state index contributed by atoms with van der Waals surface area (Å²) in [4.78, 5) is 17.1. The molecule has 2 fully saturated rings. The van der Waals surface area contributed by atoms with E-state index in [1.807, 2.05) is 49.4 Å². The molecule has 6 heteroatoms. The SMILES string of the molecule is Cc1cccc(C(=O)N2CCS(=O)(=O)[C@@H]3CN(Cc4ccccc4)CC[C@@H]32)c1. The Balaban J connectivity index is 1.54. The summed E-state index contributed by atoms with van der Waals surface area (Å²) in [5, 5.41) is -0.507. The number of carbonyl (C=O) groups is 1. The van der Waals surface area contributed by atoms with E-state index in [4.69, 9.17) is 0 Å². The molecular weight excluding hydrogens is 372 g/mol. The lowest BCUT2D eigenvalue weighted by atomic mass is 10.00. The van der Waals surface area contributed by atoms with Crippen molar-refractivity contribution in [1.29, 1.82) is 0 Å². The number of likely N-dealkylation sites (tertiary alicyclic amines) is 1. The monoisotopic (exact) mass is 398 g/mol. The first kappa shape index (κ1) is 19.2. The molecule has 2 aromatic carbocycles. The standard InChI is InChI=1S/C22H26N2O3S/c1-17-6-5-9-19(14-17)22(25)24-12-13-28(26,27)21-16-23(11-10-20(21)24)15-18-7-3-2-4-8-18/h2-9,14,20-21H,10-13,15-16H2,1H3/t20-,21+/m0/s1. The quantitative estimate of drug-likeness (QED) is 0.797. The van der Waals surface area contributed by atoms with Crippen molar-refractivity contribution >= 4 is 15.7 Å². The van der Waals surface area contributed by atoms with Gasteiger partial charge >= 0.3 is 0 Å². The Morgan fingerprint density at radius 2 is 1.86 bits per heavy atom. The van der Waals surface area contributed by atoms with Crippen molar-refractivity contribution in [2.75, 3.05) is 25.4 Å². The Kier molecular flexibility index (Phi) is 5.25. The maximum Gasteiger partial charge on any atom is 0.254 e. The van der Waals surface area contributed by atoms with Crippen LogP contribution in [0.4, 0.5) is 0 Å². The number of nitrogens with zero attached hydrogens (tertiary/aromatic N) is 2. The number of amides is 1. The second-order valence-corrected chi connectivity index (χ2v) is 10.2. The first-order valence-electron chi connectivity index (χ1n) is 9.79. The van der Waals surface area contributed by atoms with Crippen LogP contribution in [0.5, 0.6) is 0 Å². The van der Waals surface area contributed by atoms with Crippen molar-refractivity contribution in [2.45, 2.75) is 31.2 Å². The van der Waals surface area contributed by atoms with Crippen LogP contribution in [0.15, 0.2) is 54.6 Å². The van der Waals surface area contributed by atoms with Gasteiger partial charge in [0.15, 0.2) is 9.84 Å². The Hall–Kier alpha value is -2.18. The third-order valence-electron chi connectivity index (χ3n) is 5.86. The highest BCUT2D eigenvalue weighted by molar-refractivity contribution is 7.92. The van der Waals surface area contributed by atoms with E-state index in [1.54, 1.807) is 4.90 Å². The van der Waals surface area contributed by atoms with Crippen LogP contribution in [0.2, 0.25) is 0 Å². The second-order valence-electron chi connectivity index (χ2n) is 7.85. The predicted molar refractivity (Wildman–Crippen MR) is 110 cm³/mol. The van der Waals surface area contributed by atoms with Crippen molar-refractivity contribution in [1.82, 2.24) is 9.80 Å². The minimum absolute atomic E-state index is 0.0465. The Morgan fingerprint density at radius 3 is 2.61 bits per heavy atom. The van der Waals surface area contributed by atoms with E-state index in [0.717, 1.165) is 18.7 Å². The number of fused-ring (bicyclic) bond motifs is 1. The van der Waals surface area contributed by atoms with Gasteiger partial charge in [-0.2, -0.15) is 0 Å². The molecule has 0 unspecified atom stereocenters. The van der Waals surface area contributed by atoms with Gasteiger partial charge in [0.25, 0.3) is 5.91 Å². The molecular formula is C22H26N2O3S. The number of rotatable bonds is 3. The molecule has 2 saturated heterocycles.